The molecular formula is C7H9N2O. The summed E-state index contributed by atoms with van der Waals surface area (Å²) >= 11 is 0. The van der Waals surface area contributed by atoms with E-state index in [1.165, 1.54) is 0 Å². The second kappa shape index (κ2) is 3.85. The summed E-state index contributed by atoms with van der Waals surface area (Å²) in [6, 6.07) is 6.37. The first-order valence-electron chi connectivity index (χ1n) is 3.10. The van der Waals surface area contributed by atoms with Crippen molar-refractivity contribution in [3.63, 3.8) is 0 Å². The van der Waals surface area contributed by atoms with Gasteiger partial charge in [-0.3, -0.25) is 0 Å². The lowest BCUT2D eigenvalue weighted by molar-refractivity contribution is 0.311. The Hall–Kier alpha value is -1.09. The van der Waals surface area contributed by atoms with Crippen molar-refractivity contribution in [2.75, 3.05) is 18.5 Å². The van der Waals surface area contributed by atoms with E-state index in [4.69, 9.17) is 5.11 Å². The minimum atomic E-state index is 0.125. The van der Waals surface area contributed by atoms with Gasteiger partial charge in [0, 0.05) is 18.8 Å². The number of nitrogens with one attached hydrogen (secondary N) is 1. The maximum atomic E-state index is 8.43. The smallest absolute Gasteiger partial charge is 0.125 e. The van der Waals surface area contributed by atoms with Gasteiger partial charge in [0.25, 0.3) is 0 Å². The lowest BCUT2D eigenvalue weighted by atomic mass is 10.4. The highest BCUT2D eigenvalue weighted by Gasteiger charge is 1.86. The van der Waals surface area contributed by atoms with E-state index in [0.717, 1.165) is 5.82 Å². The number of nitrogens with zero attached hydrogens (tertiary/aromatic N) is 1. The zero-order valence-corrected chi connectivity index (χ0v) is 5.54. The van der Waals surface area contributed by atoms with Crippen LogP contribution in [-0.4, -0.2) is 23.2 Å². The highest BCUT2D eigenvalue weighted by molar-refractivity contribution is 5.32. The highest BCUT2D eigenvalue weighted by atomic mass is 16.3. The number of hydrogen-bond acceptors (Lipinski definition) is 3. The SMILES string of the molecule is OCCNc1cc[c]cn1. The summed E-state index contributed by atoms with van der Waals surface area (Å²) in [7, 11) is 0. The molecule has 1 aromatic rings. The summed E-state index contributed by atoms with van der Waals surface area (Å²) in [6.45, 7) is 0.664. The number of aromatic nitrogens is 1. The van der Waals surface area contributed by atoms with Crippen molar-refractivity contribution < 1.29 is 5.11 Å². The van der Waals surface area contributed by atoms with Crippen LogP contribution in [0.4, 0.5) is 5.82 Å². The molecule has 0 unspecified atom stereocenters. The minimum absolute atomic E-state index is 0.125. The molecule has 0 aliphatic rings. The van der Waals surface area contributed by atoms with E-state index in [0.29, 0.717) is 6.54 Å². The Morgan fingerprint density at radius 1 is 1.70 bits per heavy atom. The van der Waals surface area contributed by atoms with Gasteiger partial charge in [-0.2, -0.15) is 0 Å². The third-order valence-electron chi connectivity index (χ3n) is 1.03. The summed E-state index contributed by atoms with van der Waals surface area (Å²) < 4.78 is 0. The molecule has 1 radical (unpaired) electrons. The van der Waals surface area contributed by atoms with Crippen LogP contribution < -0.4 is 5.32 Å². The molecule has 2 N–H and O–H groups in total. The summed E-state index contributed by atoms with van der Waals surface area (Å²) in [5.41, 5.74) is 0. The molecule has 0 aliphatic heterocycles. The fourth-order valence-electron chi connectivity index (χ4n) is 0.608. The molecule has 53 valence electrons. The van der Waals surface area contributed by atoms with Crippen LogP contribution in [0.3, 0.4) is 0 Å². The van der Waals surface area contributed by atoms with E-state index < -0.39 is 0 Å². The van der Waals surface area contributed by atoms with E-state index >= 15 is 0 Å². The third-order valence-corrected chi connectivity index (χ3v) is 1.03. The van der Waals surface area contributed by atoms with E-state index in [2.05, 4.69) is 16.4 Å². The van der Waals surface area contributed by atoms with Gasteiger partial charge in [-0.1, -0.05) is 0 Å². The summed E-state index contributed by atoms with van der Waals surface area (Å²) in [5.74, 6) is 0.771. The van der Waals surface area contributed by atoms with Crippen molar-refractivity contribution in [3.05, 3.63) is 24.4 Å². The number of anilines is 1. The van der Waals surface area contributed by atoms with Crippen LogP contribution in [0.5, 0.6) is 0 Å². The topological polar surface area (TPSA) is 45.1 Å². The van der Waals surface area contributed by atoms with Gasteiger partial charge in [0.1, 0.15) is 5.82 Å². The van der Waals surface area contributed by atoms with Crippen molar-refractivity contribution >= 4 is 5.82 Å². The molecule has 0 saturated heterocycles. The normalized spacial score (nSPS) is 9.30. The Morgan fingerprint density at radius 3 is 3.20 bits per heavy atom. The molecule has 0 spiro atoms. The summed E-state index contributed by atoms with van der Waals surface area (Å²) in [5, 5.41) is 11.3. The quantitative estimate of drug-likeness (QED) is 0.629. The number of rotatable bonds is 3. The Morgan fingerprint density at radius 2 is 2.60 bits per heavy atom. The molecule has 0 saturated carbocycles. The van der Waals surface area contributed by atoms with Crippen LogP contribution in [0.25, 0.3) is 0 Å². The van der Waals surface area contributed by atoms with Crippen molar-refractivity contribution in [3.8, 4) is 0 Å². The summed E-state index contributed by atoms with van der Waals surface area (Å²) in [6.07, 6.45) is 1.58. The van der Waals surface area contributed by atoms with Crippen LogP contribution in [0.2, 0.25) is 0 Å². The second-order valence-electron chi connectivity index (χ2n) is 1.79. The van der Waals surface area contributed by atoms with Crippen LogP contribution in [0, 0.1) is 6.07 Å². The zero-order valence-electron chi connectivity index (χ0n) is 5.54. The molecule has 0 fully saturated rings. The molecule has 3 nitrogen and oxygen atoms in total. The first kappa shape index (κ1) is 7.02. The van der Waals surface area contributed by atoms with Gasteiger partial charge in [-0.05, 0) is 12.1 Å². The fraction of sp³-hybridized carbons (Fsp3) is 0.286. The van der Waals surface area contributed by atoms with Crippen molar-refractivity contribution in [1.82, 2.24) is 4.98 Å². The van der Waals surface area contributed by atoms with Crippen LogP contribution >= 0.6 is 0 Å². The van der Waals surface area contributed by atoms with E-state index in [-0.39, 0.29) is 6.61 Å². The largest absolute Gasteiger partial charge is 0.395 e. The second-order valence-corrected chi connectivity index (χ2v) is 1.79. The molecule has 1 heterocycles. The molecule has 0 aromatic carbocycles. The molecule has 0 amide bonds. The maximum Gasteiger partial charge on any atom is 0.125 e. The van der Waals surface area contributed by atoms with Crippen molar-refractivity contribution in [2.24, 2.45) is 0 Å². The van der Waals surface area contributed by atoms with Crippen LogP contribution in [0.15, 0.2) is 18.3 Å². The predicted octanol–water partition coefficient (Wildman–Crippen LogP) is 0.286. The lowest BCUT2D eigenvalue weighted by Gasteiger charge is -1.99. The Kier molecular flexibility index (Phi) is 2.70. The average molecular weight is 137 g/mol. The molecule has 0 aliphatic carbocycles. The summed E-state index contributed by atoms with van der Waals surface area (Å²) in [4.78, 5) is 3.94. The van der Waals surface area contributed by atoms with Crippen molar-refractivity contribution in [2.45, 2.75) is 0 Å². The first-order valence-corrected chi connectivity index (χ1v) is 3.10. The van der Waals surface area contributed by atoms with Gasteiger partial charge >= 0.3 is 0 Å². The van der Waals surface area contributed by atoms with E-state index in [1.807, 2.05) is 0 Å². The molecule has 1 rings (SSSR count). The van der Waals surface area contributed by atoms with Crippen molar-refractivity contribution in [1.29, 1.82) is 0 Å². The predicted molar refractivity (Wildman–Crippen MR) is 38.6 cm³/mol. The van der Waals surface area contributed by atoms with Gasteiger partial charge < -0.3 is 10.4 Å². The lowest BCUT2D eigenvalue weighted by Crippen LogP contribution is -2.06. The first-order chi connectivity index (χ1) is 4.93. The number of pyridine rings is 1. The Labute approximate surface area is 59.7 Å². The van der Waals surface area contributed by atoms with E-state index in [9.17, 15) is 0 Å². The molecule has 10 heavy (non-hydrogen) atoms. The number of aliphatic hydroxyl groups is 1. The number of aliphatic hydroxyl groups excluding tert-OH is 1. The standard InChI is InChI=1S/C7H9N2O/c10-6-5-9-7-3-1-2-4-8-7/h1,3-4,10H,5-6H2,(H,8,9). The molecule has 3 heteroatoms. The Balaban J connectivity index is 2.43. The molecular weight excluding hydrogens is 128 g/mol. The van der Waals surface area contributed by atoms with Crippen LogP contribution in [-0.2, 0) is 0 Å². The van der Waals surface area contributed by atoms with Gasteiger partial charge in [0.05, 0.1) is 6.61 Å². The molecule has 1 aromatic heterocycles. The number of hydrogen-bond donors (Lipinski definition) is 2. The monoisotopic (exact) mass is 137 g/mol. The Bertz CT molecular complexity index is 176. The van der Waals surface area contributed by atoms with E-state index in [1.54, 1.807) is 18.3 Å². The average Bonchev–Trinajstić information content (AvgIpc) is 2.03. The third kappa shape index (κ3) is 2.03. The van der Waals surface area contributed by atoms with Gasteiger partial charge in [-0.25, -0.2) is 4.98 Å². The van der Waals surface area contributed by atoms with Gasteiger partial charge in [0.2, 0.25) is 0 Å². The highest BCUT2D eigenvalue weighted by Crippen LogP contribution is 1.96. The fourth-order valence-corrected chi connectivity index (χ4v) is 0.608. The van der Waals surface area contributed by atoms with Gasteiger partial charge in [-0.15, -0.1) is 0 Å². The minimum Gasteiger partial charge on any atom is -0.395 e. The molecule has 0 bridgehead atoms. The van der Waals surface area contributed by atoms with Crippen LogP contribution in [0.1, 0.15) is 0 Å². The molecule has 0 atom stereocenters. The maximum absolute atomic E-state index is 8.43. The zero-order chi connectivity index (χ0) is 7.23. The van der Waals surface area contributed by atoms with Gasteiger partial charge in [0.15, 0.2) is 0 Å².